The van der Waals surface area contributed by atoms with Crippen LogP contribution in [0.15, 0.2) is 48.5 Å². The first-order chi connectivity index (χ1) is 11.1. The van der Waals surface area contributed by atoms with E-state index in [-0.39, 0.29) is 11.8 Å². The zero-order valence-electron chi connectivity index (χ0n) is 12.8. The first-order valence-corrected chi connectivity index (χ1v) is 7.79. The minimum atomic E-state index is -0.591. The maximum absolute atomic E-state index is 12.6. The summed E-state index contributed by atoms with van der Waals surface area (Å²) in [5.41, 5.74) is 2.72. The Hall–Kier alpha value is -2.33. The van der Waals surface area contributed by atoms with Gasteiger partial charge in [0.05, 0.1) is 6.42 Å². The van der Waals surface area contributed by atoms with Crippen molar-refractivity contribution in [1.82, 2.24) is 10.2 Å². The molecule has 1 aliphatic rings. The van der Waals surface area contributed by atoms with Gasteiger partial charge in [-0.25, -0.2) is 0 Å². The minimum absolute atomic E-state index is 0.0494. The van der Waals surface area contributed by atoms with Crippen LogP contribution < -0.4 is 5.32 Å². The molecule has 1 unspecified atom stereocenters. The van der Waals surface area contributed by atoms with Gasteiger partial charge in [0.2, 0.25) is 11.8 Å². The van der Waals surface area contributed by atoms with Crippen LogP contribution in [0.3, 0.4) is 0 Å². The minimum Gasteiger partial charge on any atom is -0.350 e. The zero-order valence-corrected chi connectivity index (χ0v) is 13.5. The number of amides is 2. The third kappa shape index (κ3) is 3.22. The van der Waals surface area contributed by atoms with Crippen molar-refractivity contribution in [2.24, 2.45) is 0 Å². The standard InChI is InChI=1S/C18H17ClN2O2/c1-21-16(22)10-13-6-2-3-8-15(13)17(21)18(23)20-11-12-5-4-7-14(19)9-12/h2-9,17H,10-11H2,1H3,(H,20,23). The highest BCUT2D eigenvalue weighted by Gasteiger charge is 2.34. The molecule has 0 bridgehead atoms. The summed E-state index contributed by atoms with van der Waals surface area (Å²) in [6, 6.07) is 14.3. The molecule has 0 spiro atoms. The number of fused-ring (bicyclic) bond motifs is 1. The van der Waals surface area contributed by atoms with Gasteiger partial charge in [0.25, 0.3) is 0 Å². The smallest absolute Gasteiger partial charge is 0.247 e. The Morgan fingerprint density at radius 1 is 1.26 bits per heavy atom. The SMILES string of the molecule is CN1C(=O)Cc2ccccc2C1C(=O)NCc1cccc(Cl)c1. The lowest BCUT2D eigenvalue weighted by Gasteiger charge is -2.33. The van der Waals surface area contributed by atoms with Crippen LogP contribution in [-0.4, -0.2) is 23.8 Å². The fourth-order valence-electron chi connectivity index (χ4n) is 2.85. The normalized spacial score (nSPS) is 16.9. The van der Waals surface area contributed by atoms with E-state index in [1.807, 2.05) is 42.5 Å². The van der Waals surface area contributed by atoms with E-state index in [0.29, 0.717) is 18.0 Å². The molecule has 23 heavy (non-hydrogen) atoms. The third-order valence-electron chi connectivity index (χ3n) is 4.08. The summed E-state index contributed by atoms with van der Waals surface area (Å²) in [6.45, 7) is 0.375. The Morgan fingerprint density at radius 2 is 2.04 bits per heavy atom. The molecule has 1 aliphatic heterocycles. The van der Waals surface area contributed by atoms with Crippen LogP contribution in [0.5, 0.6) is 0 Å². The molecule has 5 heteroatoms. The molecule has 3 rings (SSSR count). The first kappa shape index (κ1) is 15.6. The van der Waals surface area contributed by atoms with Gasteiger partial charge in [-0.05, 0) is 28.8 Å². The molecular formula is C18H17ClN2O2. The Bertz CT molecular complexity index is 760. The topological polar surface area (TPSA) is 49.4 Å². The summed E-state index contributed by atoms with van der Waals surface area (Å²) in [5.74, 6) is -0.236. The van der Waals surface area contributed by atoms with Gasteiger partial charge in [0, 0.05) is 18.6 Å². The summed E-state index contributed by atoms with van der Waals surface area (Å²) < 4.78 is 0. The van der Waals surface area contributed by atoms with Gasteiger partial charge in [-0.3, -0.25) is 9.59 Å². The Labute approximate surface area is 140 Å². The predicted octanol–water partition coefficient (Wildman–Crippen LogP) is 2.71. The third-order valence-corrected chi connectivity index (χ3v) is 4.31. The van der Waals surface area contributed by atoms with Gasteiger partial charge in [0.15, 0.2) is 0 Å². The van der Waals surface area contributed by atoms with Crippen LogP contribution in [0.2, 0.25) is 5.02 Å². The molecule has 2 aromatic carbocycles. The molecule has 1 atom stereocenters. The maximum atomic E-state index is 12.6. The van der Waals surface area contributed by atoms with Gasteiger partial charge in [-0.15, -0.1) is 0 Å². The van der Waals surface area contributed by atoms with Gasteiger partial charge < -0.3 is 10.2 Å². The van der Waals surface area contributed by atoms with Crippen LogP contribution in [0.4, 0.5) is 0 Å². The Kier molecular flexibility index (Phi) is 4.35. The van der Waals surface area contributed by atoms with Crippen molar-refractivity contribution in [2.75, 3.05) is 7.05 Å². The van der Waals surface area contributed by atoms with Crippen molar-refractivity contribution in [1.29, 1.82) is 0 Å². The average molecular weight is 329 g/mol. The second-order valence-corrected chi connectivity index (χ2v) is 6.07. The molecule has 0 fully saturated rings. The Balaban J connectivity index is 1.79. The van der Waals surface area contributed by atoms with Gasteiger partial charge in [-0.1, -0.05) is 48.0 Å². The van der Waals surface area contributed by atoms with Crippen LogP contribution in [-0.2, 0) is 22.6 Å². The van der Waals surface area contributed by atoms with E-state index in [2.05, 4.69) is 5.32 Å². The molecule has 0 aromatic heterocycles. The molecule has 2 aromatic rings. The van der Waals surface area contributed by atoms with Crippen molar-refractivity contribution in [2.45, 2.75) is 19.0 Å². The van der Waals surface area contributed by atoms with Crippen molar-refractivity contribution < 1.29 is 9.59 Å². The maximum Gasteiger partial charge on any atom is 0.247 e. The molecule has 0 radical (unpaired) electrons. The monoisotopic (exact) mass is 328 g/mol. The van der Waals surface area contributed by atoms with E-state index >= 15 is 0 Å². The number of carbonyl (C=O) groups excluding carboxylic acids is 2. The molecule has 4 nitrogen and oxygen atoms in total. The van der Waals surface area contributed by atoms with Crippen molar-refractivity contribution in [3.8, 4) is 0 Å². The number of nitrogens with zero attached hydrogens (tertiary/aromatic N) is 1. The summed E-state index contributed by atoms with van der Waals surface area (Å²) >= 11 is 5.95. The zero-order chi connectivity index (χ0) is 16.4. The average Bonchev–Trinajstić information content (AvgIpc) is 2.54. The van der Waals surface area contributed by atoms with E-state index in [4.69, 9.17) is 11.6 Å². The van der Waals surface area contributed by atoms with Gasteiger partial charge in [0.1, 0.15) is 6.04 Å². The highest BCUT2D eigenvalue weighted by molar-refractivity contribution is 6.30. The molecule has 0 saturated heterocycles. The lowest BCUT2D eigenvalue weighted by atomic mass is 9.92. The van der Waals surface area contributed by atoms with Crippen LogP contribution in [0, 0.1) is 0 Å². The molecule has 1 heterocycles. The molecule has 2 amide bonds. The van der Waals surface area contributed by atoms with Gasteiger partial charge in [-0.2, -0.15) is 0 Å². The first-order valence-electron chi connectivity index (χ1n) is 7.42. The molecular weight excluding hydrogens is 312 g/mol. The van der Waals surface area contributed by atoms with E-state index in [1.165, 1.54) is 4.90 Å². The number of halogens is 1. The second kappa shape index (κ2) is 6.42. The van der Waals surface area contributed by atoms with Crippen molar-refractivity contribution in [3.05, 3.63) is 70.2 Å². The number of hydrogen-bond acceptors (Lipinski definition) is 2. The summed E-state index contributed by atoms with van der Waals surface area (Å²) in [5, 5.41) is 3.53. The molecule has 118 valence electrons. The number of likely N-dealkylation sites (N-methyl/N-ethyl adjacent to an activating group) is 1. The molecule has 0 aliphatic carbocycles. The van der Waals surface area contributed by atoms with Crippen molar-refractivity contribution in [3.63, 3.8) is 0 Å². The van der Waals surface area contributed by atoms with Crippen LogP contribution >= 0.6 is 11.6 Å². The number of rotatable bonds is 3. The van der Waals surface area contributed by atoms with E-state index in [0.717, 1.165) is 16.7 Å². The largest absolute Gasteiger partial charge is 0.350 e. The van der Waals surface area contributed by atoms with E-state index in [9.17, 15) is 9.59 Å². The summed E-state index contributed by atoms with van der Waals surface area (Å²) in [7, 11) is 1.67. The highest BCUT2D eigenvalue weighted by Crippen LogP contribution is 2.29. The number of benzene rings is 2. The van der Waals surface area contributed by atoms with E-state index in [1.54, 1.807) is 13.1 Å². The Morgan fingerprint density at radius 3 is 2.83 bits per heavy atom. The van der Waals surface area contributed by atoms with Crippen LogP contribution in [0.25, 0.3) is 0 Å². The van der Waals surface area contributed by atoms with E-state index < -0.39 is 6.04 Å². The highest BCUT2D eigenvalue weighted by atomic mass is 35.5. The fraction of sp³-hybridized carbons (Fsp3) is 0.222. The lowest BCUT2D eigenvalue weighted by Crippen LogP contribution is -2.45. The molecule has 0 saturated carbocycles. The number of carbonyl (C=O) groups is 2. The van der Waals surface area contributed by atoms with Crippen molar-refractivity contribution >= 4 is 23.4 Å². The summed E-state index contributed by atoms with van der Waals surface area (Å²) in [4.78, 5) is 26.3. The van der Waals surface area contributed by atoms with Crippen LogP contribution in [0.1, 0.15) is 22.7 Å². The second-order valence-electron chi connectivity index (χ2n) is 5.63. The number of nitrogens with one attached hydrogen (secondary N) is 1. The lowest BCUT2D eigenvalue weighted by molar-refractivity contribution is -0.140. The van der Waals surface area contributed by atoms with Gasteiger partial charge >= 0.3 is 0 Å². The molecule has 1 N–H and O–H groups in total. The summed E-state index contributed by atoms with van der Waals surface area (Å²) in [6.07, 6.45) is 0.338. The quantitative estimate of drug-likeness (QED) is 0.941. The predicted molar refractivity (Wildman–Crippen MR) is 89.0 cm³/mol. The fourth-order valence-corrected chi connectivity index (χ4v) is 3.06. The number of hydrogen-bond donors (Lipinski definition) is 1.